The van der Waals surface area contributed by atoms with E-state index < -0.39 is 0 Å². The van der Waals surface area contributed by atoms with E-state index in [1.807, 2.05) is 53.4 Å². The second-order valence-electron chi connectivity index (χ2n) is 3.49. The van der Waals surface area contributed by atoms with Gasteiger partial charge in [0, 0.05) is 18.1 Å². The molecule has 0 saturated heterocycles. The van der Waals surface area contributed by atoms with Crippen molar-refractivity contribution in [1.82, 2.24) is 9.55 Å². The molecule has 0 fully saturated rings. The van der Waals surface area contributed by atoms with Gasteiger partial charge in [-0.25, -0.2) is 0 Å². The Hall–Kier alpha value is -2.12. The van der Waals surface area contributed by atoms with Crippen LogP contribution in [-0.4, -0.2) is 9.55 Å². The average Bonchev–Trinajstić information content (AvgIpc) is 2.77. The minimum absolute atomic E-state index is 0.435. The van der Waals surface area contributed by atoms with Crippen LogP contribution in [0.3, 0.4) is 0 Å². The van der Waals surface area contributed by atoms with Crippen LogP contribution < -0.4 is 0 Å². The van der Waals surface area contributed by atoms with E-state index in [1.165, 1.54) is 0 Å². The number of hydrogen-bond donors (Lipinski definition) is 1. The summed E-state index contributed by atoms with van der Waals surface area (Å²) < 4.78 is 2.58. The molecule has 0 amide bonds. The molecule has 1 aromatic heterocycles. The molecule has 1 aromatic carbocycles. The molecular formula is C13H11N3S. The van der Waals surface area contributed by atoms with Gasteiger partial charge in [0.15, 0.2) is 4.77 Å². The first-order valence-corrected chi connectivity index (χ1v) is 5.62. The zero-order valence-corrected chi connectivity index (χ0v) is 9.95. The Labute approximate surface area is 105 Å². The van der Waals surface area contributed by atoms with Crippen molar-refractivity contribution in [2.24, 2.45) is 0 Å². The molecule has 84 valence electrons. The molecule has 0 spiro atoms. The number of hydrogen-bond acceptors (Lipinski definition) is 2. The van der Waals surface area contributed by atoms with Gasteiger partial charge in [0.1, 0.15) is 0 Å². The lowest BCUT2D eigenvalue weighted by molar-refractivity contribution is 1.03. The first-order valence-electron chi connectivity index (χ1n) is 5.21. The lowest BCUT2D eigenvalue weighted by Gasteiger charge is -2.02. The van der Waals surface area contributed by atoms with E-state index in [0.29, 0.717) is 11.2 Å². The maximum absolute atomic E-state index is 8.42. The molecule has 2 aromatic rings. The highest BCUT2D eigenvalue weighted by molar-refractivity contribution is 7.71. The Bertz CT molecular complexity index is 611. The summed E-state index contributed by atoms with van der Waals surface area (Å²) in [6, 6.07) is 10.1. The minimum Gasteiger partial charge on any atom is -0.337 e. The van der Waals surface area contributed by atoms with Gasteiger partial charge in [-0.15, -0.1) is 0 Å². The molecule has 0 unspecified atom stereocenters. The van der Waals surface area contributed by atoms with E-state index in [2.05, 4.69) is 11.1 Å². The predicted octanol–water partition coefficient (Wildman–Crippen LogP) is 3.46. The summed E-state index contributed by atoms with van der Waals surface area (Å²) in [4.78, 5) is 2.95. The van der Waals surface area contributed by atoms with Gasteiger partial charge in [-0.3, -0.25) is 4.57 Å². The zero-order valence-electron chi connectivity index (χ0n) is 9.13. The highest BCUT2D eigenvalue weighted by atomic mass is 32.1. The van der Waals surface area contributed by atoms with E-state index in [1.54, 1.807) is 0 Å². The second-order valence-corrected chi connectivity index (χ2v) is 3.88. The van der Waals surface area contributed by atoms with Crippen LogP contribution in [0.5, 0.6) is 0 Å². The lowest BCUT2D eigenvalue weighted by atomic mass is 10.2. The molecule has 0 aliphatic rings. The molecule has 17 heavy (non-hydrogen) atoms. The van der Waals surface area contributed by atoms with E-state index in [4.69, 9.17) is 17.5 Å². The quantitative estimate of drug-likeness (QED) is 0.836. The number of nitrogens with zero attached hydrogens (tertiary/aromatic N) is 2. The molecule has 0 atom stereocenters. The number of allylic oxidation sites excluding steroid dienone is 1. The van der Waals surface area contributed by atoms with Crippen LogP contribution in [0.1, 0.15) is 12.0 Å². The smallest absolute Gasteiger partial charge is 0.181 e. The fourth-order valence-electron chi connectivity index (χ4n) is 1.52. The molecule has 1 N–H and O–H groups in total. The van der Waals surface area contributed by atoms with Crippen molar-refractivity contribution in [2.45, 2.75) is 6.42 Å². The fourth-order valence-corrected chi connectivity index (χ4v) is 1.75. The van der Waals surface area contributed by atoms with Crippen molar-refractivity contribution in [3.05, 3.63) is 53.1 Å². The van der Waals surface area contributed by atoms with Crippen molar-refractivity contribution >= 4 is 18.3 Å². The van der Waals surface area contributed by atoms with Crippen molar-refractivity contribution < 1.29 is 0 Å². The number of H-pyrrole nitrogens is 1. The summed E-state index contributed by atoms with van der Waals surface area (Å²) >= 11 is 5.14. The van der Waals surface area contributed by atoms with Gasteiger partial charge in [0.2, 0.25) is 0 Å². The minimum atomic E-state index is 0.435. The van der Waals surface area contributed by atoms with Gasteiger partial charge in [-0.2, -0.15) is 5.26 Å². The Morgan fingerprint density at radius 3 is 2.71 bits per heavy atom. The van der Waals surface area contributed by atoms with Crippen LogP contribution in [0.2, 0.25) is 0 Å². The van der Waals surface area contributed by atoms with Crippen molar-refractivity contribution in [3.63, 3.8) is 0 Å². The summed E-state index contributed by atoms with van der Waals surface area (Å²) in [5.74, 6) is 0. The standard InChI is InChI=1S/C13H11N3S/c14-8-2-1-3-11-4-6-12(7-5-11)16-10-9-15-13(16)17/h1,3-7,9-10H,2H2,(H,15,17). The molecule has 0 radical (unpaired) electrons. The molecule has 2 rings (SSSR count). The summed E-state index contributed by atoms with van der Waals surface area (Å²) in [7, 11) is 0. The third kappa shape index (κ3) is 2.71. The number of nitriles is 1. The van der Waals surface area contributed by atoms with Crippen molar-refractivity contribution in [2.75, 3.05) is 0 Å². The molecule has 0 aliphatic heterocycles. The number of aromatic amines is 1. The van der Waals surface area contributed by atoms with Crippen LogP contribution in [0, 0.1) is 16.1 Å². The van der Waals surface area contributed by atoms with Gasteiger partial charge < -0.3 is 4.98 Å². The van der Waals surface area contributed by atoms with E-state index in [0.717, 1.165) is 11.3 Å². The highest BCUT2D eigenvalue weighted by Crippen LogP contribution is 2.11. The van der Waals surface area contributed by atoms with E-state index in [-0.39, 0.29) is 0 Å². The number of imidazole rings is 1. The van der Waals surface area contributed by atoms with E-state index >= 15 is 0 Å². The van der Waals surface area contributed by atoms with Crippen LogP contribution >= 0.6 is 12.2 Å². The maximum atomic E-state index is 8.42. The fraction of sp³-hybridized carbons (Fsp3) is 0.0769. The normalized spacial score (nSPS) is 10.5. The van der Waals surface area contributed by atoms with Gasteiger partial charge in [0.05, 0.1) is 12.5 Å². The van der Waals surface area contributed by atoms with Crippen LogP contribution in [0.4, 0.5) is 0 Å². The first-order chi connectivity index (χ1) is 8.31. The molecule has 0 bridgehead atoms. The number of nitrogens with one attached hydrogen (secondary N) is 1. The molecular weight excluding hydrogens is 230 g/mol. The summed E-state index contributed by atoms with van der Waals surface area (Å²) in [5, 5.41) is 8.42. The number of benzene rings is 1. The van der Waals surface area contributed by atoms with Crippen molar-refractivity contribution in [1.29, 1.82) is 5.26 Å². The Morgan fingerprint density at radius 1 is 1.35 bits per heavy atom. The highest BCUT2D eigenvalue weighted by Gasteiger charge is 1.96. The Kier molecular flexibility index (Phi) is 3.53. The van der Waals surface area contributed by atoms with E-state index in [9.17, 15) is 0 Å². The number of rotatable bonds is 3. The summed E-state index contributed by atoms with van der Waals surface area (Å²) in [6.45, 7) is 0. The van der Waals surface area contributed by atoms with Crippen molar-refractivity contribution in [3.8, 4) is 11.8 Å². The summed E-state index contributed by atoms with van der Waals surface area (Å²) in [6.07, 6.45) is 7.91. The van der Waals surface area contributed by atoms with Gasteiger partial charge >= 0.3 is 0 Å². The van der Waals surface area contributed by atoms with Gasteiger partial charge in [-0.05, 0) is 29.9 Å². The molecule has 0 saturated carbocycles. The van der Waals surface area contributed by atoms with Gasteiger partial charge in [-0.1, -0.05) is 24.3 Å². The maximum Gasteiger partial charge on any atom is 0.181 e. The molecule has 4 heteroatoms. The third-order valence-corrected chi connectivity index (χ3v) is 2.65. The Balaban J connectivity index is 2.22. The second kappa shape index (κ2) is 5.28. The molecule has 0 aliphatic carbocycles. The Morgan fingerprint density at radius 2 is 2.12 bits per heavy atom. The zero-order chi connectivity index (χ0) is 12.1. The number of aromatic nitrogens is 2. The lowest BCUT2D eigenvalue weighted by Crippen LogP contribution is -1.91. The molecule has 3 nitrogen and oxygen atoms in total. The van der Waals surface area contributed by atoms with Crippen LogP contribution in [-0.2, 0) is 0 Å². The largest absolute Gasteiger partial charge is 0.337 e. The third-order valence-electron chi connectivity index (χ3n) is 2.34. The van der Waals surface area contributed by atoms with Gasteiger partial charge in [0.25, 0.3) is 0 Å². The SMILES string of the molecule is N#CCC=Cc1ccc(-n2cc[nH]c2=S)cc1. The predicted molar refractivity (Wildman–Crippen MR) is 70.2 cm³/mol. The summed E-state index contributed by atoms with van der Waals surface area (Å²) in [5.41, 5.74) is 2.10. The molecule has 1 heterocycles. The average molecular weight is 241 g/mol. The topological polar surface area (TPSA) is 44.5 Å². The first kappa shape index (κ1) is 11.4. The van der Waals surface area contributed by atoms with Crippen LogP contribution in [0.15, 0.2) is 42.7 Å². The monoisotopic (exact) mass is 241 g/mol. The van der Waals surface area contributed by atoms with Crippen LogP contribution in [0.25, 0.3) is 11.8 Å².